The van der Waals surface area contributed by atoms with E-state index in [4.69, 9.17) is 15.9 Å². The number of pyridine rings is 1. The van der Waals surface area contributed by atoms with E-state index in [1.807, 2.05) is 13.0 Å². The summed E-state index contributed by atoms with van der Waals surface area (Å²) in [6.07, 6.45) is 3.86. The van der Waals surface area contributed by atoms with E-state index in [0.29, 0.717) is 5.25 Å². The summed E-state index contributed by atoms with van der Waals surface area (Å²) < 4.78 is 5.34. The lowest BCUT2D eigenvalue weighted by molar-refractivity contribution is 0.1000. The summed E-state index contributed by atoms with van der Waals surface area (Å²) in [4.78, 5) is 4.36. The van der Waals surface area contributed by atoms with E-state index in [2.05, 4.69) is 4.98 Å². The van der Waals surface area contributed by atoms with Gasteiger partial charge in [-0.1, -0.05) is 0 Å². The molecule has 0 aromatic carbocycles. The Bertz CT molecular complexity index is 416. The van der Waals surface area contributed by atoms with Crippen molar-refractivity contribution in [1.82, 2.24) is 4.98 Å². The summed E-state index contributed by atoms with van der Waals surface area (Å²) in [5.41, 5.74) is 7.42. The number of hydrogen-bond acceptors (Lipinski definition) is 4. The second kappa shape index (κ2) is 5.51. The van der Waals surface area contributed by atoms with Crippen molar-refractivity contribution in [2.75, 3.05) is 13.2 Å². The number of aryl methyl sites for hydroxylation is 1. The maximum atomic E-state index is 7.63. The van der Waals surface area contributed by atoms with Crippen LogP contribution in [0.25, 0.3) is 0 Å². The topological polar surface area (TPSA) is 72.0 Å². The van der Waals surface area contributed by atoms with Crippen molar-refractivity contribution in [3.8, 4) is 0 Å². The number of thioether (sulfide) groups is 1. The molecule has 2 heterocycles. The molecule has 0 bridgehead atoms. The quantitative estimate of drug-likeness (QED) is 0.636. The number of nitrogen functional groups attached to an aromatic ring is 1. The van der Waals surface area contributed by atoms with Crippen LogP contribution >= 0.6 is 11.8 Å². The molecular weight excluding hydrogens is 234 g/mol. The molecule has 0 spiro atoms. The fourth-order valence-electron chi connectivity index (χ4n) is 1.90. The van der Waals surface area contributed by atoms with E-state index in [1.54, 1.807) is 18.0 Å². The van der Waals surface area contributed by atoms with E-state index in [-0.39, 0.29) is 5.84 Å². The van der Waals surface area contributed by atoms with Crippen LogP contribution in [0.2, 0.25) is 0 Å². The van der Waals surface area contributed by atoms with Gasteiger partial charge in [0.15, 0.2) is 0 Å². The Balaban J connectivity index is 2.19. The third-order valence-electron chi connectivity index (χ3n) is 2.84. The molecule has 1 aromatic rings. The highest BCUT2D eigenvalue weighted by Gasteiger charge is 2.19. The molecule has 1 aromatic heterocycles. The second-order valence-electron chi connectivity index (χ2n) is 4.15. The van der Waals surface area contributed by atoms with Crippen molar-refractivity contribution in [3.63, 3.8) is 0 Å². The van der Waals surface area contributed by atoms with Gasteiger partial charge in [0.25, 0.3) is 0 Å². The normalized spacial score (nSPS) is 17.0. The van der Waals surface area contributed by atoms with Gasteiger partial charge in [0.1, 0.15) is 10.9 Å². The predicted octanol–water partition coefficient (Wildman–Crippen LogP) is 1.95. The van der Waals surface area contributed by atoms with Crippen LogP contribution in [0.5, 0.6) is 0 Å². The van der Waals surface area contributed by atoms with Crippen molar-refractivity contribution in [2.45, 2.75) is 30.0 Å². The van der Waals surface area contributed by atoms with Gasteiger partial charge in [-0.3, -0.25) is 5.41 Å². The zero-order chi connectivity index (χ0) is 12.3. The van der Waals surface area contributed by atoms with Gasteiger partial charge >= 0.3 is 0 Å². The fraction of sp³-hybridized carbons (Fsp3) is 0.500. The van der Waals surface area contributed by atoms with Crippen molar-refractivity contribution >= 4 is 17.6 Å². The van der Waals surface area contributed by atoms with Gasteiger partial charge in [-0.25, -0.2) is 4.98 Å². The minimum atomic E-state index is 0.102. The van der Waals surface area contributed by atoms with Gasteiger partial charge in [-0.15, -0.1) is 11.8 Å². The van der Waals surface area contributed by atoms with Gasteiger partial charge < -0.3 is 10.5 Å². The molecule has 0 atom stereocenters. The van der Waals surface area contributed by atoms with E-state index < -0.39 is 0 Å². The average molecular weight is 251 g/mol. The molecule has 5 heteroatoms. The van der Waals surface area contributed by atoms with Crippen LogP contribution < -0.4 is 5.73 Å². The first kappa shape index (κ1) is 12.4. The molecule has 4 nitrogen and oxygen atoms in total. The Morgan fingerprint density at radius 1 is 1.53 bits per heavy atom. The number of rotatable bonds is 3. The van der Waals surface area contributed by atoms with Crippen molar-refractivity contribution in [2.24, 2.45) is 5.73 Å². The summed E-state index contributed by atoms with van der Waals surface area (Å²) in [5, 5.41) is 9.04. The summed E-state index contributed by atoms with van der Waals surface area (Å²) in [5.74, 6) is 0.102. The number of nitrogens with zero attached hydrogens (tertiary/aromatic N) is 1. The highest BCUT2D eigenvalue weighted by Crippen LogP contribution is 2.31. The maximum Gasteiger partial charge on any atom is 0.125 e. The van der Waals surface area contributed by atoms with Gasteiger partial charge in [0.05, 0.1) is 5.56 Å². The number of nitrogens with two attached hydrogens (primary N) is 1. The largest absolute Gasteiger partial charge is 0.384 e. The molecule has 0 unspecified atom stereocenters. The van der Waals surface area contributed by atoms with Crippen molar-refractivity contribution < 1.29 is 4.74 Å². The number of aromatic nitrogens is 1. The van der Waals surface area contributed by atoms with E-state index in [0.717, 1.165) is 42.2 Å². The number of hydrogen-bond donors (Lipinski definition) is 2. The zero-order valence-electron chi connectivity index (χ0n) is 9.90. The molecular formula is C12H17N3OS. The third-order valence-corrected chi connectivity index (χ3v) is 4.18. The molecule has 17 heavy (non-hydrogen) atoms. The number of ether oxygens (including phenoxy) is 1. The maximum absolute atomic E-state index is 7.63. The molecule has 0 amide bonds. The first-order valence-electron chi connectivity index (χ1n) is 5.73. The minimum absolute atomic E-state index is 0.102. The average Bonchev–Trinajstić information content (AvgIpc) is 2.30. The molecule has 1 aliphatic rings. The molecule has 3 N–H and O–H groups in total. The second-order valence-corrected chi connectivity index (χ2v) is 5.44. The molecule has 1 fully saturated rings. The van der Waals surface area contributed by atoms with Crippen LogP contribution in [0.4, 0.5) is 0 Å². The van der Waals surface area contributed by atoms with Crippen LogP contribution in [-0.2, 0) is 4.74 Å². The first-order chi connectivity index (χ1) is 8.18. The first-order valence-corrected chi connectivity index (χ1v) is 6.61. The molecule has 2 rings (SSSR count). The Morgan fingerprint density at radius 3 is 2.88 bits per heavy atom. The molecule has 0 saturated carbocycles. The van der Waals surface area contributed by atoms with E-state index >= 15 is 0 Å². The zero-order valence-corrected chi connectivity index (χ0v) is 10.7. The lowest BCUT2D eigenvalue weighted by Gasteiger charge is -2.22. The Morgan fingerprint density at radius 2 is 2.24 bits per heavy atom. The number of nitrogens with one attached hydrogen (secondary N) is 1. The number of amidine groups is 1. The standard InChI is InChI=1S/C12H17N3OS/c1-8-2-5-15-12(10(8)11(13)14)17-9-3-6-16-7-4-9/h2,5,9H,3-4,6-7H2,1H3,(H3,13,14). The summed E-state index contributed by atoms with van der Waals surface area (Å²) in [6.45, 7) is 3.60. The van der Waals surface area contributed by atoms with E-state index in [1.165, 1.54) is 0 Å². The molecule has 0 radical (unpaired) electrons. The summed E-state index contributed by atoms with van der Waals surface area (Å²) in [7, 11) is 0. The predicted molar refractivity (Wildman–Crippen MR) is 69.7 cm³/mol. The van der Waals surface area contributed by atoms with Crippen LogP contribution in [-0.4, -0.2) is 29.3 Å². The van der Waals surface area contributed by atoms with Crippen LogP contribution in [0.15, 0.2) is 17.3 Å². The Hall–Kier alpha value is -1.07. The van der Waals surface area contributed by atoms with Gasteiger partial charge in [0.2, 0.25) is 0 Å². The summed E-state index contributed by atoms with van der Waals surface area (Å²) >= 11 is 1.72. The fourth-order valence-corrected chi connectivity index (χ4v) is 3.16. The highest BCUT2D eigenvalue weighted by molar-refractivity contribution is 7.99. The van der Waals surface area contributed by atoms with Crippen molar-refractivity contribution in [1.29, 1.82) is 5.41 Å². The molecule has 92 valence electrons. The smallest absolute Gasteiger partial charge is 0.125 e. The minimum Gasteiger partial charge on any atom is -0.384 e. The van der Waals surface area contributed by atoms with Crippen LogP contribution in [0.3, 0.4) is 0 Å². The van der Waals surface area contributed by atoms with E-state index in [9.17, 15) is 0 Å². The molecule has 0 aliphatic carbocycles. The molecule has 1 aliphatic heterocycles. The van der Waals surface area contributed by atoms with Crippen LogP contribution in [0, 0.1) is 12.3 Å². The highest BCUT2D eigenvalue weighted by atomic mass is 32.2. The van der Waals surface area contributed by atoms with Crippen LogP contribution in [0.1, 0.15) is 24.0 Å². The van der Waals surface area contributed by atoms with Gasteiger partial charge in [-0.05, 0) is 31.4 Å². The molecule has 1 saturated heterocycles. The van der Waals surface area contributed by atoms with Crippen molar-refractivity contribution in [3.05, 3.63) is 23.4 Å². The summed E-state index contributed by atoms with van der Waals surface area (Å²) in [6, 6.07) is 1.89. The third kappa shape index (κ3) is 2.98. The Labute approximate surface area is 105 Å². The monoisotopic (exact) mass is 251 g/mol. The van der Waals surface area contributed by atoms with Gasteiger partial charge in [-0.2, -0.15) is 0 Å². The lowest BCUT2D eigenvalue weighted by Crippen LogP contribution is -2.19. The Kier molecular flexibility index (Phi) is 4.02. The van der Waals surface area contributed by atoms with Gasteiger partial charge in [0, 0.05) is 24.7 Å². The SMILES string of the molecule is Cc1ccnc(SC2CCOCC2)c1C(=N)N. The lowest BCUT2D eigenvalue weighted by atomic mass is 10.1.